The highest BCUT2D eigenvalue weighted by Gasteiger charge is 2.20. The van der Waals surface area contributed by atoms with Gasteiger partial charge in [0, 0.05) is 10.7 Å². The van der Waals surface area contributed by atoms with Crippen molar-refractivity contribution >= 4 is 23.2 Å². The molecule has 16 heavy (non-hydrogen) atoms. The minimum atomic E-state index is -0.0515. The summed E-state index contributed by atoms with van der Waals surface area (Å²) in [6.07, 6.45) is 3.19. The van der Waals surface area contributed by atoms with E-state index in [1.165, 1.54) is 0 Å². The quantitative estimate of drug-likeness (QED) is 0.831. The molecule has 0 radical (unpaired) electrons. The molecule has 1 amide bonds. The van der Waals surface area contributed by atoms with Gasteiger partial charge in [-0.3, -0.25) is 4.79 Å². The van der Waals surface area contributed by atoms with Crippen LogP contribution in [-0.2, 0) is 4.79 Å². The standard InChI is InChI=1S/C12H15ClN2O/c13-9-4-6-10(7-5-9)15-12(16)11-3-1-2-8-14-11/h4-7,11,14H,1-3,8H2,(H,15,16). The van der Waals surface area contributed by atoms with Gasteiger partial charge in [0.15, 0.2) is 0 Å². The van der Waals surface area contributed by atoms with Crippen LogP contribution >= 0.6 is 11.6 Å². The number of carbonyl (C=O) groups excluding carboxylic acids is 1. The van der Waals surface area contributed by atoms with Crippen LogP contribution < -0.4 is 10.6 Å². The molecule has 1 aromatic carbocycles. The average Bonchev–Trinajstić information content (AvgIpc) is 2.33. The Morgan fingerprint density at radius 2 is 2.06 bits per heavy atom. The molecule has 1 aromatic rings. The summed E-state index contributed by atoms with van der Waals surface area (Å²) >= 11 is 5.77. The Labute approximate surface area is 100 Å². The fourth-order valence-corrected chi connectivity index (χ4v) is 1.96. The van der Waals surface area contributed by atoms with E-state index in [4.69, 9.17) is 11.6 Å². The summed E-state index contributed by atoms with van der Waals surface area (Å²) in [4.78, 5) is 11.8. The molecular weight excluding hydrogens is 224 g/mol. The number of piperidine rings is 1. The Hall–Kier alpha value is -1.06. The van der Waals surface area contributed by atoms with Crippen molar-refractivity contribution in [2.45, 2.75) is 25.3 Å². The predicted octanol–water partition coefficient (Wildman–Crippen LogP) is 2.42. The smallest absolute Gasteiger partial charge is 0.241 e. The van der Waals surface area contributed by atoms with Gasteiger partial charge in [-0.05, 0) is 43.7 Å². The second-order valence-corrected chi connectivity index (χ2v) is 4.44. The van der Waals surface area contributed by atoms with Crippen LogP contribution in [-0.4, -0.2) is 18.5 Å². The summed E-state index contributed by atoms with van der Waals surface area (Å²) in [6, 6.07) is 7.10. The van der Waals surface area contributed by atoms with Crippen molar-refractivity contribution in [3.8, 4) is 0 Å². The molecule has 1 atom stereocenters. The van der Waals surface area contributed by atoms with Gasteiger partial charge < -0.3 is 10.6 Å². The fraction of sp³-hybridized carbons (Fsp3) is 0.417. The molecule has 2 N–H and O–H groups in total. The number of halogens is 1. The molecule has 0 bridgehead atoms. The first-order valence-corrected chi connectivity index (χ1v) is 5.93. The van der Waals surface area contributed by atoms with E-state index in [1.54, 1.807) is 12.1 Å². The van der Waals surface area contributed by atoms with Crippen LogP contribution in [0.15, 0.2) is 24.3 Å². The van der Waals surface area contributed by atoms with Crippen molar-refractivity contribution in [1.82, 2.24) is 5.32 Å². The number of benzene rings is 1. The van der Waals surface area contributed by atoms with Crippen molar-refractivity contribution < 1.29 is 4.79 Å². The normalized spacial score (nSPS) is 20.4. The van der Waals surface area contributed by atoms with Crippen LogP contribution in [0.5, 0.6) is 0 Å². The highest BCUT2D eigenvalue weighted by atomic mass is 35.5. The monoisotopic (exact) mass is 238 g/mol. The van der Waals surface area contributed by atoms with E-state index >= 15 is 0 Å². The van der Waals surface area contributed by atoms with Gasteiger partial charge in [0.25, 0.3) is 0 Å². The lowest BCUT2D eigenvalue weighted by Gasteiger charge is -2.22. The molecule has 1 unspecified atom stereocenters. The fourth-order valence-electron chi connectivity index (χ4n) is 1.84. The highest BCUT2D eigenvalue weighted by molar-refractivity contribution is 6.30. The number of carbonyl (C=O) groups is 1. The molecule has 0 aromatic heterocycles. The van der Waals surface area contributed by atoms with E-state index in [2.05, 4.69) is 10.6 Å². The lowest BCUT2D eigenvalue weighted by molar-refractivity contribution is -0.118. The second kappa shape index (κ2) is 5.32. The Morgan fingerprint density at radius 3 is 2.69 bits per heavy atom. The first kappa shape index (κ1) is 11.4. The molecule has 4 heteroatoms. The van der Waals surface area contributed by atoms with Crippen molar-refractivity contribution in [3.05, 3.63) is 29.3 Å². The SMILES string of the molecule is O=C(Nc1ccc(Cl)cc1)C1CCCCN1. The number of nitrogens with one attached hydrogen (secondary N) is 2. The third-order valence-corrected chi connectivity index (χ3v) is 2.99. The van der Waals surface area contributed by atoms with Gasteiger partial charge in [-0.2, -0.15) is 0 Å². The summed E-state index contributed by atoms with van der Waals surface area (Å²) in [5, 5.41) is 6.77. The van der Waals surface area contributed by atoms with E-state index in [9.17, 15) is 4.79 Å². The van der Waals surface area contributed by atoms with Gasteiger partial charge in [0.2, 0.25) is 5.91 Å². The number of anilines is 1. The van der Waals surface area contributed by atoms with E-state index in [0.717, 1.165) is 31.5 Å². The van der Waals surface area contributed by atoms with Crippen LogP contribution in [0.4, 0.5) is 5.69 Å². The molecular formula is C12H15ClN2O. The van der Waals surface area contributed by atoms with Crippen molar-refractivity contribution in [3.63, 3.8) is 0 Å². The van der Waals surface area contributed by atoms with E-state index in [0.29, 0.717) is 5.02 Å². The maximum atomic E-state index is 11.8. The molecule has 1 aliphatic heterocycles. The Balaban J connectivity index is 1.93. The average molecular weight is 239 g/mol. The van der Waals surface area contributed by atoms with Crippen LogP contribution in [0.1, 0.15) is 19.3 Å². The second-order valence-electron chi connectivity index (χ2n) is 4.00. The molecule has 0 saturated carbocycles. The predicted molar refractivity (Wildman–Crippen MR) is 65.7 cm³/mol. The zero-order valence-electron chi connectivity index (χ0n) is 9.00. The Kier molecular flexibility index (Phi) is 3.80. The third-order valence-electron chi connectivity index (χ3n) is 2.74. The van der Waals surface area contributed by atoms with Crippen LogP contribution in [0, 0.1) is 0 Å². The molecule has 1 aliphatic rings. The molecule has 0 aliphatic carbocycles. The molecule has 1 fully saturated rings. The van der Waals surface area contributed by atoms with Crippen LogP contribution in [0.3, 0.4) is 0 Å². The van der Waals surface area contributed by atoms with Gasteiger partial charge in [0.05, 0.1) is 6.04 Å². The van der Waals surface area contributed by atoms with Crippen molar-refractivity contribution in [2.24, 2.45) is 0 Å². The Morgan fingerprint density at radius 1 is 1.31 bits per heavy atom. The molecule has 1 saturated heterocycles. The number of hydrogen-bond donors (Lipinski definition) is 2. The summed E-state index contributed by atoms with van der Waals surface area (Å²) < 4.78 is 0. The van der Waals surface area contributed by atoms with Gasteiger partial charge in [-0.25, -0.2) is 0 Å². The summed E-state index contributed by atoms with van der Waals surface area (Å²) in [5.41, 5.74) is 0.793. The van der Waals surface area contributed by atoms with E-state index in [-0.39, 0.29) is 11.9 Å². The largest absolute Gasteiger partial charge is 0.325 e. The molecule has 3 nitrogen and oxygen atoms in total. The summed E-state index contributed by atoms with van der Waals surface area (Å²) in [5.74, 6) is 0.0435. The van der Waals surface area contributed by atoms with E-state index in [1.807, 2.05) is 12.1 Å². The Bertz CT molecular complexity index is 358. The number of amides is 1. The lowest BCUT2D eigenvalue weighted by Crippen LogP contribution is -2.43. The molecule has 0 spiro atoms. The molecule has 1 heterocycles. The lowest BCUT2D eigenvalue weighted by atomic mass is 10.0. The molecule has 2 rings (SSSR count). The van der Waals surface area contributed by atoms with Gasteiger partial charge >= 0.3 is 0 Å². The first-order chi connectivity index (χ1) is 7.75. The maximum Gasteiger partial charge on any atom is 0.241 e. The van der Waals surface area contributed by atoms with Gasteiger partial charge in [0.1, 0.15) is 0 Å². The summed E-state index contributed by atoms with van der Waals surface area (Å²) in [6.45, 7) is 0.929. The van der Waals surface area contributed by atoms with Crippen LogP contribution in [0.25, 0.3) is 0 Å². The number of hydrogen-bond acceptors (Lipinski definition) is 2. The highest BCUT2D eigenvalue weighted by Crippen LogP contribution is 2.15. The van der Waals surface area contributed by atoms with Crippen molar-refractivity contribution in [2.75, 3.05) is 11.9 Å². The zero-order chi connectivity index (χ0) is 11.4. The van der Waals surface area contributed by atoms with Crippen LogP contribution in [0.2, 0.25) is 5.02 Å². The zero-order valence-corrected chi connectivity index (χ0v) is 9.76. The van der Waals surface area contributed by atoms with Gasteiger partial charge in [-0.15, -0.1) is 0 Å². The van der Waals surface area contributed by atoms with Gasteiger partial charge in [-0.1, -0.05) is 18.0 Å². The topological polar surface area (TPSA) is 41.1 Å². The third kappa shape index (κ3) is 2.97. The maximum absolute atomic E-state index is 11.8. The first-order valence-electron chi connectivity index (χ1n) is 5.55. The summed E-state index contributed by atoms with van der Waals surface area (Å²) in [7, 11) is 0. The van der Waals surface area contributed by atoms with Crippen molar-refractivity contribution in [1.29, 1.82) is 0 Å². The van der Waals surface area contributed by atoms with E-state index < -0.39 is 0 Å². The minimum absolute atomic E-state index is 0.0435. The number of rotatable bonds is 2. The molecule has 86 valence electrons. The minimum Gasteiger partial charge on any atom is -0.325 e.